The second-order valence-corrected chi connectivity index (χ2v) is 4.98. The van der Waals surface area contributed by atoms with E-state index in [9.17, 15) is 14.7 Å². The predicted molar refractivity (Wildman–Crippen MR) is 81.2 cm³/mol. The third-order valence-electron chi connectivity index (χ3n) is 3.49. The highest BCUT2D eigenvalue weighted by molar-refractivity contribution is 6.05. The number of carbonyl (C=O) groups excluding carboxylic acids is 1. The standard InChI is InChI=1S/C17H22O4/c1-4-6-7-12-17(15(18)19,16(20)21-5-2)14-10-8-13(3)9-11-14/h4,8-11H,1,5-7,12H2,2-3H3,(H,18,19). The van der Waals surface area contributed by atoms with Crippen LogP contribution < -0.4 is 0 Å². The second kappa shape index (κ2) is 7.62. The van der Waals surface area contributed by atoms with Crippen LogP contribution in [0.25, 0.3) is 0 Å². The molecule has 4 nitrogen and oxygen atoms in total. The Hall–Kier alpha value is -2.10. The van der Waals surface area contributed by atoms with Crippen LogP contribution >= 0.6 is 0 Å². The minimum absolute atomic E-state index is 0.154. The number of carbonyl (C=O) groups is 2. The first-order chi connectivity index (χ1) is 9.98. The highest BCUT2D eigenvalue weighted by atomic mass is 16.5. The molecule has 21 heavy (non-hydrogen) atoms. The van der Waals surface area contributed by atoms with Gasteiger partial charge in [-0.1, -0.05) is 35.9 Å². The van der Waals surface area contributed by atoms with E-state index in [0.29, 0.717) is 18.4 Å². The van der Waals surface area contributed by atoms with Crippen LogP contribution in [0.1, 0.15) is 37.3 Å². The first-order valence-corrected chi connectivity index (χ1v) is 7.07. The Morgan fingerprint density at radius 1 is 1.33 bits per heavy atom. The summed E-state index contributed by atoms with van der Waals surface area (Å²) in [7, 11) is 0. The molecule has 1 aromatic rings. The van der Waals surface area contributed by atoms with E-state index in [0.717, 1.165) is 5.56 Å². The molecule has 0 saturated heterocycles. The lowest BCUT2D eigenvalue weighted by atomic mass is 9.76. The van der Waals surface area contributed by atoms with E-state index in [2.05, 4.69) is 6.58 Å². The van der Waals surface area contributed by atoms with Crippen LogP contribution in [0.4, 0.5) is 0 Å². The second-order valence-electron chi connectivity index (χ2n) is 4.98. The van der Waals surface area contributed by atoms with E-state index in [4.69, 9.17) is 4.74 Å². The summed E-state index contributed by atoms with van der Waals surface area (Å²) in [6, 6.07) is 6.99. The molecule has 0 aliphatic heterocycles. The molecule has 114 valence electrons. The fourth-order valence-corrected chi connectivity index (χ4v) is 2.29. The largest absolute Gasteiger partial charge is 0.480 e. The number of rotatable bonds is 8. The third kappa shape index (κ3) is 3.72. The van der Waals surface area contributed by atoms with Crippen LogP contribution in [0.15, 0.2) is 36.9 Å². The average Bonchev–Trinajstić information content (AvgIpc) is 2.45. The van der Waals surface area contributed by atoms with Gasteiger partial charge in [-0.2, -0.15) is 0 Å². The molecule has 0 saturated carbocycles. The zero-order valence-electron chi connectivity index (χ0n) is 12.6. The van der Waals surface area contributed by atoms with Gasteiger partial charge in [0.2, 0.25) is 0 Å². The predicted octanol–water partition coefficient (Wildman–Crippen LogP) is 3.24. The lowest BCUT2D eigenvalue weighted by molar-refractivity contribution is -0.162. The summed E-state index contributed by atoms with van der Waals surface area (Å²) in [4.78, 5) is 24.2. The number of ether oxygens (including phenoxy) is 1. The number of carboxylic acid groups (broad SMARTS) is 1. The van der Waals surface area contributed by atoms with E-state index in [1.165, 1.54) is 0 Å². The molecule has 0 bridgehead atoms. The van der Waals surface area contributed by atoms with E-state index >= 15 is 0 Å². The number of hydrogen-bond donors (Lipinski definition) is 1. The first kappa shape index (κ1) is 17.0. The van der Waals surface area contributed by atoms with E-state index < -0.39 is 17.4 Å². The van der Waals surface area contributed by atoms with Crippen molar-refractivity contribution in [3.05, 3.63) is 48.0 Å². The molecule has 1 atom stereocenters. The summed E-state index contributed by atoms with van der Waals surface area (Å²) >= 11 is 0. The van der Waals surface area contributed by atoms with E-state index in [1.54, 1.807) is 37.3 Å². The average molecular weight is 290 g/mol. The Bertz CT molecular complexity index is 504. The van der Waals surface area contributed by atoms with Crippen LogP contribution in [0, 0.1) is 6.92 Å². The zero-order chi connectivity index (χ0) is 15.9. The fraction of sp³-hybridized carbons (Fsp3) is 0.412. The van der Waals surface area contributed by atoms with Crippen LogP contribution in [0.5, 0.6) is 0 Å². The topological polar surface area (TPSA) is 63.6 Å². The monoisotopic (exact) mass is 290 g/mol. The lowest BCUT2D eigenvalue weighted by Crippen LogP contribution is -2.45. The smallest absolute Gasteiger partial charge is 0.328 e. The van der Waals surface area contributed by atoms with Crippen LogP contribution in [-0.2, 0) is 19.7 Å². The summed E-state index contributed by atoms with van der Waals surface area (Å²) in [6.07, 6.45) is 3.12. The highest BCUT2D eigenvalue weighted by Gasteiger charge is 2.48. The van der Waals surface area contributed by atoms with Gasteiger partial charge in [-0.25, -0.2) is 0 Å². The molecule has 0 aliphatic carbocycles. The number of esters is 1. The third-order valence-corrected chi connectivity index (χ3v) is 3.49. The summed E-state index contributed by atoms with van der Waals surface area (Å²) in [5, 5.41) is 9.72. The number of aliphatic carboxylic acids is 1. The molecule has 1 rings (SSSR count). The zero-order valence-corrected chi connectivity index (χ0v) is 12.6. The van der Waals surface area contributed by atoms with Gasteiger partial charge >= 0.3 is 11.9 Å². The molecule has 1 aromatic carbocycles. The molecule has 1 unspecified atom stereocenters. The van der Waals surface area contributed by atoms with Crippen molar-refractivity contribution in [2.24, 2.45) is 0 Å². The van der Waals surface area contributed by atoms with Crippen molar-refractivity contribution in [2.75, 3.05) is 6.61 Å². The number of benzene rings is 1. The molecule has 4 heteroatoms. The van der Waals surface area contributed by atoms with Crippen LogP contribution in [-0.4, -0.2) is 23.7 Å². The Labute approximate surface area is 125 Å². The first-order valence-electron chi connectivity index (χ1n) is 7.07. The van der Waals surface area contributed by atoms with Crippen LogP contribution in [0.3, 0.4) is 0 Å². The normalized spacial score (nSPS) is 13.2. The number of unbranched alkanes of at least 4 members (excludes halogenated alkanes) is 1. The molecule has 0 spiro atoms. The van der Waals surface area contributed by atoms with Crippen LogP contribution in [0.2, 0.25) is 0 Å². The Morgan fingerprint density at radius 2 is 1.95 bits per heavy atom. The number of carboxylic acids is 1. The van der Waals surface area contributed by atoms with Gasteiger partial charge in [0.05, 0.1) is 6.61 Å². The van der Waals surface area contributed by atoms with Crippen molar-refractivity contribution >= 4 is 11.9 Å². The van der Waals surface area contributed by atoms with Crippen molar-refractivity contribution < 1.29 is 19.4 Å². The van der Waals surface area contributed by atoms with Crippen molar-refractivity contribution in [3.63, 3.8) is 0 Å². The van der Waals surface area contributed by atoms with Crippen molar-refractivity contribution in [2.45, 2.75) is 38.5 Å². The minimum Gasteiger partial charge on any atom is -0.480 e. The molecule has 0 radical (unpaired) electrons. The Kier molecular flexibility index (Phi) is 6.15. The molecule has 0 aromatic heterocycles. The Morgan fingerprint density at radius 3 is 2.43 bits per heavy atom. The van der Waals surface area contributed by atoms with Gasteiger partial charge in [-0.3, -0.25) is 9.59 Å². The van der Waals surface area contributed by atoms with Gasteiger partial charge in [0, 0.05) is 0 Å². The van der Waals surface area contributed by atoms with Gasteiger partial charge in [-0.15, -0.1) is 6.58 Å². The SMILES string of the molecule is C=CCCCC(C(=O)O)(C(=O)OCC)c1ccc(C)cc1. The maximum atomic E-state index is 12.4. The summed E-state index contributed by atoms with van der Waals surface area (Å²) in [5.41, 5.74) is -0.177. The number of hydrogen-bond acceptors (Lipinski definition) is 3. The Balaban J connectivity index is 3.28. The van der Waals surface area contributed by atoms with E-state index in [-0.39, 0.29) is 13.0 Å². The van der Waals surface area contributed by atoms with Crippen molar-refractivity contribution in [1.82, 2.24) is 0 Å². The quantitative estimate of drug-likeness (QED) is 0.345. The molecular formula is C17H22O4. The summed E-state index contributed by atoms with van der Waals surface area (Å²) in [6.45, 7) is 7.36. The van der Waals surface area contributed by atoms with Gasteiger partial charge in [-0.05, 0) is 38.7 Å². The molecular weight excluding hydrogens is 268 g/mol. The molecule has 0 amide bonds. The number of allylic oxidation sites excluding steroid dienone is 1. The highest BCUT2D eigenvalue weighted by Crippen LogP contribution is 2.32. The summed E-state index contributed by atoms with van der Waals surface area (Å²) in [5.74, 6) is -1.88. The van der Waals surface area contributed by atoms with Crippen molar-refractivity contribution in [1.29, 1.82) is 0 Å². The lowest BCUT2D eigenvalue weighted by Gasteiger charge is -2.27. The van der Waals surface area contributed by atoms with Gasteiger partial charge in [0.25, 0.3) is 0 Å². The maximum Gasteiger partial charge on any atom is 0.328 e. The molecule has 0 fully saturated rings. The number of aryl methyl sites for hydroxylation is 1. The fourth-order valence-electron chi connectivity index (χ4n) is 2.29. The molecule has 1 N–H and O–H groups in total. The van der Waals surface area contributed by atoms with Gasteiger partial charge < -0.3 is 9.84 Å². The maximum absolute atomic E-state index is 12.4. The summed E-state index contributed by atoms with van der Waals surface area (Å²) < 4.78 is 5.04. The van der Waals surface area contributed by atoms with E-state index in [1.807, 2.05) is 6.92 Å². The van der Waals surface area contributed by atoms with Gasteiger partial charge in [0.1, 0.15) is 0 Å². The van der Waals surface area contributed by atoms with Crippen molar-refractivity contribution in [3.8, 4) is 0 Å². The minimum atomic E-state index is -1.65. The molecule has 0 aliphatic rings. The van der Waals surface area contributed by atoms with Gasteiger partial charge in [0.15, 0.2) is 5.41 Å². The molecule has 0 heterocycles.